The van der Waals surface area contributed by atoms with Crippen molar-refractivity contribution in [2.45, 2.75) is 62.9 Å². The number of nitrogens with zero attached hydrogens (tertiary/aromatic N) is 2. The number of rotatable bonds is 16. The third-order valence-electron chi connectivity index (χ3n) is 5.36. The highest BCUT2D eigenvalue weighted by atomic mass is 32.5. The van der Waals surface area contributed by atoms with Crippen molar-refractivity contribution in [3.63, 3.8) is 0 Å². The monoisotopic (exact) mass is 784 g/mol. The van der Waals surface area contributed by atoms with Crippen LogP contribution in [0.4, 0.5) is 0 Å². The van der Waals surface area contributed by atoms with Crippen molar-refractivity contribution in [2.24, 2.45) is 0 Å². The number of hydrogen-bond acceptors (Lipinski definition) is 15. The fourth-order valence-corrected chi connectivity index (χ4v) is 8.33. The highest BCUT2D eigenvalue weighted by molar-refractivity contribution is 8.08. The molecule has 47 heavy (non-hydrogen) atoms. The van der Waals surface area contributed by atoms with Gasteiger partial charge in [-0.2, -0.15) is 0 Å². The molecular weight excluding hydrogens is 742 g/mol. The highest BCUT2D eigenvalue weighted by Gasteiger charge is 2.25. The molecule has 18 heteroatoms. The van der Waals surface area contributed by atoms with Crippen LogP contribution in [0.25, 0.3) is 0 Å². The number of aromatic nitrogens is 2. The zero-order valence-electron chi connectivity index (χ0n) is 28.1. The predicted octanol–water partition coefficient (Wildman–Crippen LogP) is 9.47. The minimum absolute atomic E-state index is 0.0675. The molecule has 11 nitrogen and oxygen atoms in total. The molecule has 0 amide bonds. The Morgan fingerprint density at radius 3 is 1.36 bits per heavy atom. The fourth-order valence-electron chi connectivity index (χ4n) is 3.20. The van der Waals surface area contributed by atoms with Crippen molar-refractivity contribution in [1.29, 1.82) is 0 Å². The van der Waals surface area contributed by atoms with Gasteiger partial charge in [0.05, 0.1) is 25.1 Å². The van der Waals surface area contributed by atoms with Crippen molar-refractivity contribution < 1.29 is 40.7 Å². The second-order valence-electron chi connectivity index (χ2n) is 10.5. The topological polar surface area (TPSA) is 109 Å². The number of hydrogen-bond donors (Lipinski definition) is 0. The van der Waals surface area contributed by atoms with Crippen LogP contribution in [0.3, 0.4) is 0 Å². The Balaban J connectivity index is 0.000000343. The van der Waals surface area contributed by atoms with E-state index in [0.29, 0.717) is 23.9 Å². The minimum Gasteiger partial charge on any atom is -0.424 e. The summed E-state index contributed by atoms with van der Waals surface area (Å²) in [6, 6.07) is 15.0. The second kappa shape index (κ2) is 19.4. The first-order chi connectivity index (χ1) is 22.0. The second-order valence-corrected chi connectivity index (χ2v) is 20.8. The Morgan fingerprint density at radius 2 is 1.04 bits per heavy atom. The van der Waals surface area contributed by atoms with Crippen LogP contribution in [0.5, 0.6) is 17.2 Å². The van der Waals surface area contributed by atoms with E-state index < -0.39 is 20.2 Å². The summed E-state index contributed by atoms with van der Waals surface area (Å²) >= 11 is 17.3. The van der Waals surface area contributed by atoms with Crippen molar-refractivity contribution in [3.8, 4) is 17.2 Å². The van der Waals surface area contributed by atoms with Crippen LogP contribution >= 0.6 is 31.9 Å². The van der Waals surface area contributed by atoms with E-state index in [1.807, 2.05) is 69.3 Å². The van der Waals surface area contributed by atoms with Gasteiger partial charge in [0.2, 0.25) is 0 Å². The molecule has 0 aliphatic rings. The van der Waals surface area contributed by atoms with Crippen LogP contribution in [-0.2, 0) is 68.0 Å². The first-order valence-electron chi connectivity index (χ1n) is 14.2. The zero-order chi connectivity index (χ0) is 35.3. The minimum atomic E-state index is -2.80. The lowest BCUT2D eigenvalue weighted by atomic mass is 9.96. The molecule has 0 spiro atoms. The van der Waals surface area contributed by atoms with Gasteiger partial charge in [-0.25, -0.2) is 9.97 Å². The van der Waals surface area contributed by atoms with Crippen molar-refractivity contribution in [3.05, 3.63) is 66.7 Å². The molecule has 262 valence electrons. The van der Waals surface area contributed by atoms with E-state index in [1.54, 1.807) is 24.2 Å². The Labute approximate surface area is 298 Å². The fraction of sp³-hybridized carbons (Fsp3) is 0.448. The lowest BCUT2D eigenvalue weighted by Crippen LogP contribution is -2.15. The van der Waals surface area contributed by atoms with Crippen molar-refractivity contribution in [2.75, 3.05) is 35.0 Å². The molecule has 0 N–H and O–H groups in total. The lowest BCUT2D eigenvalue weighted by molar-refractivity contribution is 0.171. The van der Waals surface area contributed by atoms with Gasteiger partial charge in [0.15, 0.2) is 5.75 Å². The van der Waals surface area contributed by atoms with E-state index in [9.17, 15) is 0 Å². The summed E-state index contributed by atoms with van der Waals surface area (Å²) in [7, 11) is 5.89. The summed E-state index contributed by atoms with van der Waals surface area (Å²) in [5, 5.41) is 0. The predicted molar refractivity (Wildman–Crippen MR) is 198 cm³/mol. The highest BCUT2D eigenvalue weighted by Crippen LogP contribution is 2.51. The maximum absolute atomic E-state index is 5.68. The van der Waals surface area contributed by atoms with Gasteiger partial charge in [-0.1, -0.05) is 32.5 Å². The summed E-state index contributed by atoms with van der Waals surface area (Å²) in [4.78, 5) is 10.7. The molecule has 3 rings (SSSR count). The molecular formula is C29H43N2O9P3S4. The first kappa shape index (κ1) is 42.1. The molecule has 1 atom stereocenters. The summed E-state index contributed by atoms with van der Waals surface area (Å²) in [5.74, 6) is 2.41. The van der Waals surface area contributed by atoms with Gasteiger partial charge in [0, 0.05) is 79.1 Å². The van der Waals surface area contributed by atoms with E-state index in [4.69, 9.17) is 76.1 Å². The Bertz CT molecular complexity index is 1440. The largest absolute Gasteiger partial charge is 0.424 e. The van der Waals surface area contributed by atoms with E-state index in [1.165, 1.54) is 28.4 Å². The summed E-state index contributed by atoms with van der Waals surface area (Å²) in [6.07, 6.45) is 3.15. The third-order valence-corrected chi connectivity index (χ3v) is 13.8. The Kier molecular flexibility index (Phi) is 17.4. The van der Waals surface area contributed by atoms with Gasteiger partial charge in [-0.15, -0.1) is 0 Å². The zero-order valence-corrected chi connectivity index (χ0v) is 34.1. The third kappa shape index (κ3) is 14.8. The van der Waals surface area contributed by atoms with Crippen LogP contribution < -0.4 is 13.6 Å². The van der Waals surface area contributed by atoms with Crippen LogP contribution in [0.15, 0.2) is 70.7 Å². The standard InChI is InChI=1S/C16H20O6P2S3.C13H23N2O3PS/c1-17-23(25,18-2)21-13-5-9-15(10-6-13)27-16-11-7-14(8-12-16)22-24(26,19-3)20-4;1-7-16-19(20,17-10(2)3)18-11-8-14-12(15-9-11)13(4,5)6/h5-12H,1-4H3;8-10H,7H2,1-6H3. The Morgan fingerprint density at radius 1 is 0.660 bits per heavy atom. The van der Waals surface area contributed by atoms with E-state index in [-0.39, 0.29) is 11.5 Å². The molecule has 1 heterocycles. The molecule has 0 saturated heterocycles. The van der Waals surface area contributed by atoms with Gasteiger partial charge < -0.3 is 31.7 Å². The normalized spacial score (nSPS) is 13.3. The SMILES string of the molecule is CCOP(=S)(Oc1cnc(C(C)(C)C)nc1)OC(C)C.COP(=S)(OC)Oc1ccc(Sc2ccc(OP(=S)(OC)OC)cc2)cc1. The average molecular weight is 785 g/mol. The Hall–Kier alpha value is -1.02. The summed E-state index contributed by atoms with van der Waals surface area (Å²) in [5.41, 5.74) is -0.104. The van der Waals surface area contributed by atoms with E-state index in [0.717, 1.165) is 15.6 Å². The average Bonchev–Trinajstić information content (AvgIpc) is 3.02. The first-order valence-corrected chi connectivity index (χ1v) is 22.6. The van der Waals surface area contributed by atoms with Gasteiger partial charge >= 0.3 is 20.2 Å². The smallest absolute Gasteiger partial charge is 0.380 e. The molecule has 1 unspecified atom stereocenters. The van der Waals surface area contributed by atoms with Gasteiger partial charge in [-0.3, -0.25) is 9.05 Å². The molecule has 0 fully saturated rings. The van der Waals surface area contributed by atoms with Crippen molar-refractivity contribution in [1.82, 2.24) is 9.97 Å². The number of benzene rings is 2. The maximum atomic E-state index is 5.68. The molecule has 0 bridgehead atoms. The van der Waals surface area contributed by atoms with Crippen LogP contribution in [0, 0.1) is 0 Å². The van der Waals surface area contributed by atoms with E-state index >= 15 is 0 Å². The van der Waals surface area contributed by atoms with Crippen LogP contribution in [0.2, 0.25) is 0 Å². The summed E-state index contributed by atoms with van der Waals surface area (Å²) in [6.45, 7) is 3.97. The molecule has 0 aliphatic carbocycles. The maximum Gasteiger partial charge on any atom is 0.380 e. The van der Waals surface area contributed by atoms with Crippen LogP contribution in [-0.4, -0.2) is 51.1 Å². The molecule has 3 aromatic rings. The van der Waals surface area contributed by atoms with E-state index in [2.05, 4.69) is 30.7 Å². The lowest BCUT2D eigenvalue weighted by Gasteiger charge is -2.23. The quantitative estimate of drug-likeness (QED) is 0.129. The molecule has 0 saturated carbocycles. The van der Waals surface area contributed by atoms with Crippen LogP contribution in [0.1, 0.15) is 47.4 Å². The molecule has 0 aliphatic heterocycles. The molecule has 0 radical (unpaired) electrons. The summed E-state index contributed by atoms with van der Waals surface area (Å²) < 4.78 is 48.5. The van der Waals surface area contributed by atoms with Crippen molar-refractivity contribution >= 4 is 67.3 Å². The molecule has 2 aromatic carbocycles. The van der Waals surface area contributed by atoms with Gasteiger partial charge in [0.25, 0.3) is 0 Å². The molecule has 1 aromatic heterocycles. The van der Waals surface area contributed by atoms with Gasteiger partial charge in [0.1, 0.15) is 17.3 Å². The van der Waals surface area contributed by atoms with Gasteiger partial charge in [-0.05, 0) is 69.3 Å².